The molecule has 0 aliphatic carbocycles. The quantitative estimate of drug-likeness (QED) is 0.440. The predicted octanol–water partition coefficient (Wildman–Crippen LogP) is -0.656. The monoisotopic (exact) mass is 204 g/mol. The van der Waals surface area contributed by atoms with Crippen LogP contribution < -0.4 is 0 Å². The molecular weight excluding hydrogens is 192 g/mol. The fourth-order valence-electron chi connectivity index (χ4n) is 0.776. The number of carbonyl (C=O) groups is 3. The van der Waals surface area contributed by atoms with Crippen LogP contribution >= 0.6 is 0 Å². The van der Waals surface area contributed by atoms with Gasteiger partial charge in [0.25, 0.3) is 0 Å². The van der Waals surface area contributed by atoms with Crippen LogP contribution in [0.1, 0.15) is 19.8 Å². The Labute approximate surface area is 80.5 Å². The number of ketones is 1. The molecule has 14 heavy (non-hydrogen) atoms. The Kier molecular flexibility index (Phi) is 5.47. The Hall–Kier alpha value is -1.43. The molecule has 0 radical (unpaired) electrons. The molecule has 0 amide bonds. The second-order valence-electron chi connectivity index (χ2n) is 2.77. The molecule has 0 spiro atoms. The van der Waals surface area contributed by atoms with E-state index in [0.29, 0.717) is 0 Å². The summed E-state index contributed by atoms with van der Waals surface area (Å²) in [6, 6.07) is 0. The number of hydrogen-bond acceptors (Lipinski definition) is 5. The molecule has 0 aromatic rings. The zero-order chi connectivity index (χ0) is 11.1. The van der Waals surface area contributed by atoms with Gasteiger partial charge in [0.05, 0.1) is 6.10 Å². The van der Waals surface area contributed by atoms with Crippen molar-refractivity contribution in [1.29, 1.82) is 0 Å². The second kappa shape index (κ2) is 6.09. The first-order valence-corrected chi connectivity index (χ1v) is 3.96. The van der Waals surface area contributed by atoms with Gasteiger partial charge < -0.3 is 14.9 Å². The minimum Gasteiger partial charge on any atom is -0.481 e. The Morgan fingerprint density at radius 3 is 2.36 bits per heavy atom. The molecular formula is C8H12O6. The average molecular weight is 204 g/mol. The molecule has 0 saturated carbocycles. The fourth-order valence-corrected chi connectivity index (χ4v) is 0.776. The smallest absolute Gasteiger partial charge is 0.310 e. The van der Waals surface area contributed by atoms with Crippen molar-refractivity contribution in [2.75, 3.05) is 6.61 Å². The van der Waals surface area contributed by atoms with E-state index in [-0.39, 0.29) is 13.0 Å². The highest BCUT2D eigenvalue weighted by molar-refractivity contribution is 5.94. The van der Waals surface area contributed by atoms with E-state index in [2.05, 4.69) is 4.74 Å². The van der Waals surface area contributed by atoms with E-state index >= 15 is 0 Å². The van der Waals surface area contributed by atoms with Crippen molar-refractivity contribution in [2.24, 2.45) is 0 Å². The summed E-state index contributed by atoms with van der Waals surface area (Å²) in [6.45, 7) is 0.881. The summed E-state index contributed by atoms with van der Waals surface area (Å²) in [7, 11) is 0. The number of aliphatic hydroxyl groups excluding tert-OH is 1. The van der Waals surface area contributed by atoms with Gasteiger partial charge in [-0.2, -0.15) is 0 Å². The third-order valence-electron chi connectivity index (χ3n) is 1.29. The highest BCUT2D eigenvalue weighted by Crippen LogP contribution is 1.98. The standard InChI is InChI=1S/C8H12O6/c1-5(9)14-4-7(11)2-6(10)3-8(12)13/h7,11H,2-4H2,1H3,(H,12,13). The van der Waals surface area contributed by atoms with E-state index in [1.165, 1.54) is 6.92 Å². The molecule has 0 aromatic carbocycles. The van der Waals surface area contributed by atoms with Crippen LogP contribution in [0.25, 0.3) is 0 Å². The number of Topliss-reactive ketones (excluding diaryl/α,β-unsaturated/α-hetero) is 1. The van der Waals surface area contributed by atoms with Crippen molar-refractivity contribution in [3.05, 3.63) is 0 Å². The van der Waals surface area contributed by atoms with Crippen molar-refractivity contribution in [2.45, 2.75) is 25.9 Å². The summed E-state index contributed by atoms with van der Waals surface area (Å²) in [5.74, 6) is -2.40. The van der Waals surface area contributed by atoms with Gasteiger partial charge in [-0.15, -0.1) is 0 Å². The van der Waals surface area contributed by atoms with Crippen LogP contribution in [-0.2, 0) is 19.1 Å². The number of aliphatic hydroxyl groups is 1. The molecule has 6 heteroatoms. The van der Waals surface area contributed by atoms with Gasteiger partial charge in [-0.25, -0.2) is 0 Å². The lowest BCUT2D eigenvalue weighted by molar-refractivity contribution is -0.146. The summed E-state index contributed by atoms with van der Waals surface area (Å²) < 4.78 is 4.42. The van der Waals surface area contributed by atoms with Crippen LogP contribution in [-0.4, -0.2) is 40.6 Å². The third-order valence-corrected chi connectivity index (χ3v) is 1.29. The average Bonchev–Trinajstić information content (AvgIpc) is 1.98. The summed E-state index contributed by atoms with van der Waals surface area (Å²) in [4.78, 5) is 31.2. The first kappa shape index (κ1) is 12.6. The lowest BCUT2D eigenvalue weighted by atomic mass is 10.1. The fraction of sp³-hybridized carbons (Fsp3) is 0.625. The normalized spacial score (nSPS) is 11.9. The van der Waals surface area contributed by atoms with Crippen molar-refractivity contribution >= 4 is 17.7 Å². The summed E-state index contributed by atoms with van der Waals surface area (Å²) >= 11 is 0. The van der Waals surface area contributed by atoms with E-state index in [1.807, 2.05) is 0 Å². The minimum absolute atomic E-state index is 0.291. The number of carboxylic acid groups (broad SMARTS) is 1. The summed E-state index contributed by atoms with van der Waals surface area (Å²) in [5, 5.41) is 17.3. The number of aliphatic carboxylic acids is 1. The number of carboxylic acids is 1. The Balaban J connectivity index is 3.71. The Morgan fingerprint density at radius 1 is 1.36 bits per heavy atom. The minimum atomic E-state index is -1.24. The molecule has 0 aliphatic rings. The van der Waals surface area contributed by atoms with Crippen molar-refractivity contribution in [3.63, 3.8) is 0 Å². The second-order valence-corrected chi connectivity index (χ2v) is 2.77. The maximum atomic E-state index is 10.8. The van der Waals surface area contributed by atoms with Crippen molar-refractivity contribution < 1.29 is 29.3 Å². The number of esters is 1. The van der Waals surface area contributed by atoms with Crippen LogP contribution in [0.15, 0.2) is 0 Å². The zero-order valence-electron chi connectivity index (χ0n) is 7.73. The maximum absolute atomic E-state index is 10.8. The van der Waals surface area contributed by atoms with Gasteiger partial charge in [-0.3, -0.25) is 14.4 Å². The van der Waals surface area contributed by atoms with Crippen LogP contribution in [0.2, 0.25) is 0 Å². The SMILES string of the molecule is CC(=O)OCC(O)CC(=O)CC(=O)O. The third kappa shape index (κ3) is 7.23. The molecule has 0 rings (SSSR count). The van der Waals surface area contributed by atoms with Gasteiger partial charge in [0.2, 0.25) is 0 Å². The van der Waals surface area contributed by atoms with E-state index < -0.39 is 30.2 Å². The first-order chi connectivity index (χ1) is 6.41. The van der Waals surface area contributed by atoms with Crippen LogP contribution in [0.5, 0.6) is 0 Å². The highest BCUT2D eigenvalue weighted by Gasteiger charge is 2.14. The molecule has 0 aromatic heterocycles. The van der Waals surface area contributed by atoms with E-state index in [4.69, 9.17) is 10.2 Å². The number of ether oxygens (including phenoxy) is 1. The van der Waals surface area contributed by atoms with E-state index in [0.717, 1.165) is 0 Å². The van der Waals surface area contributed by atoms with Gasteiger partial charge in [0.15, 0.2) is 0 Å². The number of carbonyl (C=O) groups excluding carboxylic acids is 2. The van der Waals surface area contributed by atoms with Crippen molar-refractivity contribution in [3.8, 4) is 0 Å². The van der Waals surface area contributed by atoms with Crippen LogP contribution in [0.3, 0.4) is 0 Å². The maximum Gasteiger partial charge on any atom is 0.310 e. The molecule has 2 N–H and O–H groups in total. The highest BCUT2D eigenvalue weighted by atomic mass is 16.5. The predicted molar refractivity (Wildman–Crippen MR) is 44.5 cm³/mol. The summed E-state index contributed by atoms with van der Waals surface area (Å²) in [5.41, 5.74) is 0. The molecule has 6 nitrogen and oxygen atoms in total. The molecule has 0 bridgehead atoms. The lowest BCUT2D eigenvalue weighted by Crippen LogP contribution is -2.22. The van der Waals surface area contributed by atoms with E-state index in [1.54, 1.807) is 0 Å². The Morgan fingerprint density at radius 2 is 1.93 bits per heavy atom. The topological polar surface area (TPSA) is 101 Å². The van der Waals surface area contributed by atoms with Gasteiger partial charge in [-0.1, -0.05) is 0 Å². The van der Waals surface area contributed by atoms with Gasteiger partial charge >= 0.3 is 11.9 Å². The molecule has 1 unspecified atom stereocenters. The molecule has 0 fully saturated rings. The first-order valence-electron chi connectivity index (χ1n) is 3.96. The molecule has 1 atom stereocenters. The largest absolute Gasteiger partial charge is 0.481 e. The van der Waals surface area contributed by atoms with Crippen molar-refractivity contribution in [1.82, 2.24) is 0 Å². The van der Waals surface area contributed by atoms with Gasteiger partial charge in [0.1, 0.15) is 18.8 Å². The molecule has 0 aliphatic heterocycles. The molecule has 80 valence electrons. The lowest BCUT2D eigenvalue weighted by Gasteiger charge is -2.08. The Bertz CT molecular complexity index is 234. The van der Waals surface area contributed by atoms with Gasteiger partial charge in [-0.05, 0) is 0 Å². The van der Waals surface area contributed by atoms with Gasteiger partial charge in [0, 0.05) is 13.3 Å². The number of rotatable bonds is 6. The van der Waals surface area contributed by atoms with E-state index in [9.17, 15) is 14.4 Å². The molecule has 0 heterocycles. The molecule has 0 saturated heterocycles. The zero-order valence-corrected chi connectivity index (χ0v) is 7.73. The van der Waals surface area contributed by atoms with Crippen LogP contribution in [0.4, 0.5) is 0 Å². The summed E-state index contributed by atoms with van der Waals surface area (Å²) in [6.07, 6.45) is -2.08. The number of hydrogen-bond donors (Lipinski definition) is 2. The van der Waals surface area contributed by atoms with Crippen LogP contribution in [0, 0.1) is 0 Å².